The molecule has 6 nitrogen and oxygen atoms in total. The van der Waals surface area contributed by atoms with Crippen molar-refractivity contribution in [2.45, 2.75) is 26.8 Å². The number of aryl methyl sites for hydroxylation is 1. The number of likely N-dealkylation sites (tertiary alicyclic amines) is 1. The molecule has 0 saturated carbocycles. The van der Waals surface area contributed by atoms with Crippen LogP contribution in [0.4, 0.5) is 0 Å². The van der Waals surface area contributed by atoms with Crippen molar-refractivity contribution in [3.63, 3.8) is 0 Å². The Morgan fingerprint density at radius 3 is 2.19 bits per heavy atom. The van der Waals surface area contributed by atoms with E-state index in [-0.39, 0.29) is 11.3 Å². The van der Waals surface area contributed by atoms with Gasteiger partial charge in [0, 0.05) is 18.7 Å². The predicted molar refractivity (Wildman–Crippen MR) is 121 cm³/mol. The minimum atomic E-state index is -0.654. The highest BCUT2D eigenvalue weighted by atomic mass is 16.5. The van der Waals surface area contributed by atoms with Gasteiger partial charge in [0.05, 0.1) is 18.7 Å². The number of ketones is 1. The molecular formula is C25H30N2O4. The van der Waals surface area contributed by atoms with Gasteiger partial charge in [-0.2, -0.15) is 0 Å². The van der Waals surface area contributed by atoms with Crippen LogP contribution in [0.1, 0.15) is 36.6 Å². The van der Waals surface area contributed by atoms with Crippen molar-refractivity contribution < 1.29 is 19.4 Å². The van der Waals surface area contributed by atoms with Gasteiger partial charge in [-0.1, -0.05) is 43.7 Å². The molecule has 0 spiro atoms. The molecule has 0 bridgehead atoms. The molecule has 0 aliphatic carbocycles. The number of hydrogen-bond acceptors (Lipinski definition) is 5. The number of nitrogens with zero attached hydrogens (tertiary/aromatic N) is 2. The summed E-state index contributed by atoms with van der Waals surface area (Å²) in [5.41, 5.74) is 2.48. The molecule has 3 rings (SSSR count). The minimum absolute atomic E-state index is 0.124. The van der Waals surface area contributed by atoms with Gasteiger partial charge in [-0.15, -0.1) is 0 Å². The Morgan fingerprint density at radius 2 is 1.65 bits per heavy atom. The fourth-order valence-corrected chi connectivity index (χ4v) is 3.90. The molecule has 0 radical (unpaired) electrons. The summed E-state index contributed by atoms with van der Waals surface area (Å²) in [6.45, 7) is 8.91. The third-order valence-corrected chi connectivity index (χ3v) is 5.85. The van der Waals surface area contributed by atoms with Crippen LogP contribution < -0.4 is 4.74 Å². The Bertz CT molecular complexity index is 960. The summed E-state index contributed by atoms with van der Waals surface area (Å²) in [4.78, 5) is 29.8. The predicted octanol–water partition coefficient (Wildman–Crippen LogP) is 3.77. The Balaban J connectivity index is 2.07. The molecule has 1 heterocycles. The zero-order valence-electron chi connectivity index (χ0n) is 18.6. The molecular weight excluding hydrogens is 392 g/mol. The number of likely N-dealkylation sites (N-methyl/N-ethyl adjacent to an activating group) is 1. The normalized spacial score (nSPS) is 18.1. The number of hydrogen-bond donors (Lipinski definition) is 1. The van der Waals surface area contributed by atoms with Crippen molar-refractivity contribution in [1.29, 1.82) is 0 Å². The van der Waals surface area contributed by atoms with Crippen LogP contribution in [-0.2, 0) is 9.59 Å². The number of ether oxygens (including phenoxy) is 1. The van der Waals surface area contributed by atoms with E-state index in [4.69, 9.17) is 4.74 Å². The van der Waals surface area contributed by atoms with E-state index in [0.29, 0.717) is 24.4 Å². The van der Waals surface area contributed by atoms with Gasteiger partial charge in [-0.25, -0.2) is 0 Å². The van der Waals surface area contributed by atoms with Gasteiger partial charge in [0.25, 0.3) is 11.7 Å². The largest absolute Gasteiger partial charge is 0.507 e. The van der Waals surface area contributed by atoms with Crippen LogP contribution in [0, 0.1) is 6.92 Å². The van der Waals surface area contributed by atoms with E-state index in [9.17, 15) is 14.7 Å². The fourth-order valence-electron chi connectivity index (χ4n) is 3.90. The molecule has 1 aliphatic rings. The van der Waals surface area contributed by atoms with E-state index in [1.54, 1.807) is 36.3 Å². The van der Waals surface area contributed by atoms with Crippen LogP contribution in [-0.4, -0.2) is 59.9 Å². The highest BCUT2D eigenvalue weighted by molar-refractivity contribution is 6.46. The van der Waals surface area contributed by atoms with Crippen molar-refractivity contribution in [3.8, 4) is 5.75 Å². The van der Waals surface area contributed by atoms with Crippen molar-refractivity contribution >= 4 is 17.4 Å². The fraction of sp³-hybridized carbons (Fsp3) is 0.360. The Kier molecular flexibility index (Phi) is 7.13. The molecule has 164 valence electrons. The highest BCUT2D eigenvalue weighted by Crippen LogP contribution is 2.39. The first-order chi connectivity index (χ1) is 14.9. The number of methoxy groups -OCH3 is 1. The molecule has 0 aromatic heterocycles. The lowest BCUT2D eigenvalue weighted by molar-refractivity contribution is -0.140. The molecule has 2 aromatic carbocycles. The first kappa shape index (κ1) is 22.6. The number of carbonyl (C=O) groups excluding carboxylic acids is 2. The van der Waals surface area contributed by atoms with E-state index >= 15 is 0 Å². The summed E-state index contributed by atoms with van der Waals surface area (Å²) in [6, 6.07) is 13.9. The second-order valence-electron chi connectivity index (χ2n) is 7.66. The first-order valence-corrected chi connectivity index (χ1v) is 10.6. The van der Waals surface area contributed by atoms with E-state index in [1.165, 1.54) is 0 Å². The average Bonchev–Trinajstić information content (AvgIpc) is 3.05. The maximum Gasteiger partial charge on any atom is 0.295 e. The maximum absolute atomic E-state index is 13.0. The molecule has 6 heteroatoms. The van der Waals surface area contributed by atoms with Gasteiger partial charge in [0.1, 0.15) is 11.5 Å². The number of benzene rings is 2. The number of rotatable bonds is 8. The lowest BCUT2D eigenvalue weighted by atomic mass is 9.94. The molecule has 1 N–H and O–H groups in total. The Morgan fingerprint density at radius 1 is 1.03 bits per heavy atom. The van der Waals surface area contributed by atoms with Crippen LogP contribution in [0.2, 0.25) is 0 Å². The topological polar surface area (TPSA) is 70.1 Å². The summed E-state index contributed by atoms with van der Waals surface area (Å²) in [7, 11) is 1.56. The summed E-state index contributed by atoms with van der Waals surface area (Å²) >= 11 is 0. The van der Waals surface area contributed by atoms with Gasteiger partial charge in [0.2, 0.25) is 0 Å². The molecule has 1 amide bonds. The smallest absolute Gasteiger partial charge is 0.295 e. The van der Waals surface area contributed by atoms with Gasteiger partial charge >= 0.3 is 0 Å². The van der Waals surface area contributed by atoms with Gasteiger partial charge in [-0.3, -0.25) is 9.59 Å². The number of carbonyl (C=O) groups is 2. The van der Waals surface area contributed by atoms with Crippen LogP contribution in [0.25, 0.3) is 5.76 Å². The number of aliphatic hydroxyl groups excluding tert-OH is 1. The van der Waals surface area contributed by atoms with E-state index in [2.05, 4.69) is 18.7 Å². The van der Waals surface area contributed by atoms with E-state index in [0.717, 1.165) is 24.2 Å². The molecule has 1 atom stereocenters. The standard InChI is InChI=1S/C25H30N2O4/c1-5-26(6-2)15-16-27-22(18-9-7-17(3)8-10-18)21(24(29)25(27)30)23(28)19-11-13-20(31-4)14-12-19/h7-14,22,28H,5-6,15-16H2,1-4H3. The zero-order chi connectivity index (χ0) is 22.5. The van der Waals surface area contributed by atoms with E-state index in [1.807, 2.05) is 31.2 Å². The number of Topliss-reactive ketones (excluding diaryl/α,β-unsaturated/α-hetero) is 1. The molecule has 1 fully saturated rings. The maximum atomic E-state index is 13.0. The Hall–Kier alpha value is -3.12. The Labute approximate surface area is 183 Å². The summed E-state index contributed by atoms with van der Waals surface area (Å²) in [5.74, 6) is -0.755. The SMILES string of the molecule is CCN(CC)CCN1C(=O)C(=O)C(=C(O)c2ccc(OC)cc2)C1c1ccc(C)cc1. The van der Waals surface area contributed by atoms with Crippen molar-refractivity contribution in [3.05, 3.63) is 70.8 Å². The van der Waals surface area contributed by atoms with Gasteiger partial charge in [0.15, 0.2) is 0 Å². The quantitative estimate of drug-likeness (QED) is 0.398. The molecule has 2 aromatic rings. The van der Waals surface area contributed by atoms with Crippen LogP contribution in [0.5, 0.6) is 5.75 Å². The van der Waals surface area contributed by atoms with Crippen molar-refractivity contribution in [1.82, 2.24) is 9.80 Å². The minimum Gasteiger partial charge on any atom is -0.507 e. The van der Waals surface area contributed by atoms with E-state index < -0.39 is 17.7 Å². The highest BCUT2D eigenvalue weighted by Gasteiger charge is 2.45. The monoisotopic (exact) mass is 422 g/mol. The lowest BCUT2D eigenvalue weighted by Crippen LogP contribution is -2.38. The lowest BCUT2D eigenvalue weighted by Gasteiger charge is -2.28. The third kappa shape index (κ3) is 4.64. The van der Waals surface area contributed by atoms with Crippen LogP contribution in [0.15, 0.2) is 54.1 Å². The van der Waals surface area contributed by atoms with Crippen molar-refractivity contribution in [2.75, 3.05) is 33.3 Å². The zero-order valence-corrected chi connectivity index (χ0v) is 18.6. The molecule has 31 heavy (non-hydrogen) atoms. The summed E-state index contributed by atoms with van der Waals surface area (Å²) in [5, 5.41) is 11.1. The van der Waals surface area contributed by atoms with Gasteiger partial charge in [-0.05, 0) is 49.8 Å². The summed E-state index contributed by atoms with van der Waals surface area (Å²) < 4.78 is 5.18. The second kappa shape index (κ2) is 9.79. The number of amides is 1. The summed E-state index contributed by atoms with van der Waals surface area (Å²) in [6.07, 6.45) is 0. The van der Waals surface area contributed by atoms with Crippen LogP contribution in [0.3, 0.4) is 0 Å². The molecule has 1 unspecified atom stereocenters. The molecule has 1 saturated heterocycles. The van der Waals surface area contributed by atoms with Crippen LogP contribution >= 0.6 is 0 Å². The van der Waals surface area contributed by atoms with Gasteiger partial charge < -0.3 is 19.6 Å². The second-order valence-corrected chi connectivity index (χ2v) is 7.66. The third-order valence-electron chi connectivity index (χ3n) is 5.85. The number of aliphatic hydroxyl groups is 1. The van der Waals surface area contributed by atoms with Crippen molar-refractivity contribution in [2.24, 2.45) is 0 Å². The average molecular weight is 423 g/mol. The molecule has 1 aliphatic heterocycles. The first-order valence-electron chi connectivity index (χ1n) is 10.6.